The molecular formula is C16H16. The van der Waals surface area contributed by atoms with Crippen molar-refractivity contribution in [3.63, 3.8) is 0 Å². The maximum absolute atomic E-state index is 3.72. The van der Waals surface area contributed by atoms with Gasteiger partial charge in [0.1, 0.15) is 0 Å². The predicted octanol–water partition coefficient (Wildman–Crippen LogP) is 3.86. The summed E-state index contributed by atoms with van der Waals surface area (Å²) in [6.45, 7) is 2.35. The molecule has 0 amide bonds. The summed E-state index contributed by atoms with van der Waals surface area (Å²) < 4.78 is 0. The van der Waals surface area contributed by atoms with Crippen molar-refractivity contribution < 1.29 is 0 Å². The van der Waals surface area contributed by atoms with Crippen molar-refractivity contribution in [3.8, 4) is 0 Å². The van der Waals surface area contributed by atoms with Crippen molar-refractivity contribution in [1.29, 1.82) is 0 Å². The van der Waals surface area contributed by atoms with Crippen LogP contribution >= 0.6 is 0 Å². The van der Waals surface area contributed by atoms with E-state index in [1.807, 2.05) is 0 Å². The molecule has 0 heteroatoms. The largest absolute Gasteiger partial charge is 0.0805 e. The normalized spacial score (nSPS) is 36.3. The average Bonchev–Trinajstić information content (AvgIpc) is 2.69. The van der Waals surface area contributed by atoms with Crippen LogP contribution in [0, 0.1) is 24.2 Å². The zero-order valence-corrected chi connectivity index (χ0v) is 9.51. The Kier molecular flexibility index (Phi) is 2.43. The number of hydrogen-bond acceptors (Lipinski definition) is 0. The Bertz CT molecular complexity index is 413. The molecule has 16 heavy (non-hydrogen) atoms. The molecule has 1 fully saturated rings. The van der Waals surface area contributed by atoms with Gasteiger partial charge in [0.05, 0.1) is 0 Å². The van der Waals surface area contributed by atoms with Gasteiger partial charge in [-0.25, -0.2) is 0 Å². The summed E-state index contributed by atoms with van der Waals surface area (Å²) in [6.07, 6.45) is 12.7. The lowest BCUT2D eigenvalue weighted by atomic mass is 9.84. The molecule has 0 bridgehead atoms. The smallest absolute Gasteiger partial charge is 0.000890 e. The number of fused-ring (bicyclic) bond motifs is 1. The third-order valence-electron chi connectivity index (χ3n) is 3.84. The van der Waals surface area contributed by atoms with Gasteiger partial charge in [-0.3, -0.25) is 0 Å². The van der Waals surface area contributed by atoms with Crippen molar-refractivity contribution in [2.24, 2.45) is 17.8 Å². The zero-order chi connectivity index (χ0) is 11.0. The minimum atomic E-state index is 0.489. The highest BCUT2D eigenvalue weighted by molar-refractivity contribution is 5.32. The summed E-state index contributed by atoms with van der Waals surface area (Å²) >= 11 is 0. The van der Waals surface area contributed by atoms with Gasteiger partial charge in [-0.05, 0) is 35.7 Å². The molecule has 0 heterocycles. The minimum absolute atomic E-state index is 0.489. The molecule has 1 aromatic carbocycles. The second kappa shape index (κ2) is 3.93. The topological polar surface area (TPSA) is 0 Å². The van der Waals surface area contributed by atoms with E-state index in [2.05, 4.69) is 68.0 Å². The standard InChI is InChI=1S/C16H16/c1-12-15-10-6-5-9-14(15)11-16(12)13-7-3-2-4-8-13/h2-10,12,14-16H,1H3. The molecule has 2 aliphatic rings. The van der Waals surface area contributed by atoms with Gasteiger partial charge in [0, 0.05) is 0 Å². The third kappa shape index (κ3) is 1.53. The van der Waals surface area contributed by atoms with E-state index in [4.69, 9.17) is 0 Å². The fourth-order valence-corrected chi connectivity index (χ4v) is 2.93. The highest BCUT2D eigenvalue weighted by atomic mass is 14.4. The van der Waals surface area contributed by atoms with Crippen LogP contribution in [0.15, 0.2) is 54.6 Å². The Morgan fingerprint density at radius 3 is 2.50 bits per heavy atom. The molecule has 0 N–H and O–H groups in total. The van der Waals surface area contributed by atoms with E-state index in [9.17, 15) is 0 Å². The molecule has 0 saturated heterocycles. The molecule has 3 rings (SSSR count). The Hall–Kier alpha value is -1.30. The quantitative estimate of drug-likeness (QED) is 0.657. The molecule has 2 aliphatic carbocycles. The van der Waals surface area contributed by atoms with Crippen molar-refractivity contribution in [1.82, 2.24) is 0 Å². The van der Waals surface area contributed by atoms with E-state index in [0.29, 0.717) is 23.7 Å². The first kappa shape index (κ1) is 9.89. The van der Waals surface area contributed by atoms with E-state index in [0.717, 1.165) is 0 Å². The lowest BCUT2D eigenvalue weighted by molar-refractivity contribution is 0.431. The van der Waals surface area contributed by atoms with Gasteiger partial charge in [-0.15, -0.1) is 0 Å². The number of allylic oxidation sites excluding steroid dienone is 4. The van der Waals surface area contributed by atoms with Crippen molar-refractivity contribution in [3.05, 3.63) is 66.6 Å². The first-order chi connectivity index (χ1) is 7.86. The number of hydrogen-bond donors (Lipinski definition) is 0. The van der Waals surface area contributed by atoms with Crippen LogP contribution in [0.2, 0.25) is 0 Å². The average molecular weight is 208 g/mol. The van der Waals surface area contributed by atoms with Crippen LogP contribution in [0.3, 0.4) is 0 Å². The summed E-state index contributed by atoms with van der Waals surface area (Å²) in [5.41, 5.74) is 1.41. The first-order valence-electron chi connectivity index (χ1n) is 6.02. The predicted molar refractivity (Wildman–Crippen MR) is 66.9 cm³/mol. The van der Waals surface area contributed by atoms with Gasteiger partial charge in [0.25, 0.3) is 0 Å². The Balaban J connectivity index is 1.89. The maximum atomic E-state index is 3.72. The molecule has 1 saturated carbocycles. The number of rotatable bonds is 1. The molecule has 0 aliphatic heterocycles. The van der Waals surface area contributed by atoms with Gasteiger partial charge < -0.3 is 0 Å². The van der Waals surface area contributed by atoms with Crippen LogP contribution < -0.4 is 0 Å². The molecule has 2 radical (unpaired) electrons. The van der Waals surface area contributed by atoms with Gasteiger partial charge in [-0.2, -0.15) is 0 Å². The van der Waals surface area contributed by atoms with Gasteiger partial charge in [0.15, 0.2) is 0 Å². The van der Waals surface area contributed by atoms with Gasteiger partial charge >= 0.3 is 0 Å². The van der Waals surface area contributed by atoms with Gasteiger partial charge in [-0.1, -0.05) is 61.6 Å². The summed E-state index contributed by atoms with van der Waals surface area (Å²) in [4.78, 5) is 0. The van der Waals surface area contributed by atoms with Crippen molar-refractivity contribution in [2.45, 2.75) is 12.8 Å². The second-order valence-electron chi connectivity index (χ2n) is 4.79. The molecule has 0 nitrogen and oxygen atoms in total. The van der Waals surface area contributed by atoms with Crippen LogP contribution in [0.5, 0.6) is 0 Å². The van der Waals surface area contributed by atoms with Crippen molar-refractivity contribution in [2.75, 3.05) is 0 Å². The lowest BCUT2D eigenvalue weighted by Gasteiger charge is -2.20. The summed E-state index contributed by atoms with van der Waals surface area (Å²) in [5, 5.41) is 0. The first-order valence-corrected chi connectivity index (χ1v) is 6.02. The molecule has 4 unspecified atom stereocenters. The third-order valence-corrected chi connectivity index (χ3v) is 3.84. The monoisotopic (exact) mass is 208 g/mol. The zero-order valence-electron chi connectivity index (χ0n) is 9.51. The van der Waals surface area contributed by atoms with E-state index < -0.39 is 0 Å². The fraction of sp³-hybridized carbons (Fsp3) is 0.312. The molecule has 80 valence electrons. The molecule has 0 aromatic heterocycles. The van der Waals surface area contributed by atoms with Crippen molar-refractivity contribution >= 4 is 0 Å². The number of benzene rings is 1. The summed E-state index contributed by atoms with van der Waals surface area (Å²) in [5.74, 6) is 2.32. The lowest BCUT2D eigenvalue weighted by Crippen LogP contribution is -2.12. The second-order valence-corrected chi connectivity index (χ2v) is 4.79. The van der Waals surface area contributed by atoms with Gasteiger partial charge in [0.2, 0.25) is 0 Å². The van der Waals surface area contributed by atoms with E-state index >= 15 is 0 Å². The highest BCUT2D eigenvalue weighted by Crippen LogP contribution is 2.48. The van der Waals surface area contributed by atoms with Crippen LogP contribution in [0.4, 0.5) is 0 Å². The van der Waals surface area contributed by atoms with Crippen LogP contribution in [-0.4, -0.2) is 0 Å². The van der Waals surface area contributed by atoms with E-state index in [1.165, 1.54) is 5.56 Å². The Labute approximate surface area is 97.7 Å². The summed E-state index contributed by atoms with van der Waals surface area (Å²) in [7, 11) is 0. The maximum Gasteiger partial charge on any atom is -0.000890 e. The fourth-order valence-electron chi connectivity index (χ4n) is 2.93. The summed E-state index contributed by atoms with van der Waals surface area (Å²) in [6, 6.07) is 10.8. The SMILES string of the molecule is CC1C(c2ccccc2)[C]C2C=CC=CC21. The Morgan fingerprint density at radius 2 is 1.75 bits per heavy atom. The minimum Gasteiger partial charge on any atom is -0.0805 e. The molecule has 1 aromatic rings. The molecular weight excluding hydrogens is 192 g/mol. The van der Waals surface area contributed by atoms with Crippen LogP contribution in [-0.2, 0) is 0 Å². The molecule has 0 spiro atoms. The van der Waals surface area contributed by atoms with Crippen LogP contribution in [0.1, 0.15) is 18.4 Å². The van der Waals surface area contributed by atoms with E-state index in [-0.39, 0.29) is 0 Å². The van der Waals surface area contributed by atoms with Crippen LogP contribution in [0.25, 0.3) is 0 Å². The highest BCUT2D eigenvalue weighted by Gasteiger charge is 2.39. The molecule has 4 atom stereocenters. The van der Waals surface area contributed by atoms with E-state index in [1.54, 1.807) is 0 Å². The Morgan fingerprint density at radius 1 is 1.00 bits per heavy atom.